The van der Waals surface area contributed by atoms with Crippen molar-refractivity contribution in [2.24, 2.45) is 11.8 Å². The van der Waals surface area contributed by atoms with Crippen LogP contribution in [0.15, 0.2) is 6.07 Å². The number of amides is 3. The van der Waals surface area contributed by atoms with Gasteiger partial charge in [0, 0.05) is 19.6 Å². The third-order valence-electron chi connectivity index (χ3n) is 4.73. The zero-order valence-corrected chi connectivity index (χ0v) is 16.0. The highest BCUT2D eigenvalue weighted by atomic mass is 16.7. The Bertz CT molecular complexity index is 736. The average molecular weight is 380 g/mol. The number of piperazine rings is 1. The molecule has 0 aliphatic carbocycles. The Hall–Kier alpha value is -2.75. The lowest BCUT2D eigenvalue weighted by atomic mass is 9.99. The SMILES string of the molecule is CC(C)c1cc(C(=O)N2CCN([14C](=O)O)C(C(C)C)C2)nnc1C(=O)NN. The minimum atomic E-state index is -0.986. The summed E-state index contributed by atoms with van der Waals surface area (Å²) in [6.45, 7) is 8.39. The van der Waals surface area contributed by atoms with Crippen LogP contribution in [0.2, 0.25) is 0 Å². The second-order valence-electron chi connectivity index (χ2n) is 7.20. The van der Waals surface area contributed by atoms with Crippen LogP contribution in [0.1, 0.15) is 60.2 Å². The highest BCUT2D eigenvalue weighted by Gasteiger charge is 2.35. The van der Waals surface area contributed by atoms with E-state index in [1.165, 1.54) is 4.90 Å². The Kier molecular flexibility index (Phi) is 6.32. The molecule has 10 nitrogen and oxygen atoms in total. The molecule has 1 aliphatic heterocycles. The largest absolute Gasteiger partial charge is 0.465 e. The topological polar surface area (TPSA) is 142 Å². The van der Waals surface area contributed by atoms with E-state index in [0.717, 1.165) is 0 Å². The van der Waals surface area contributed by atoms with Crippen molar-refractivity contribution in [2.45, 2.75) is 39.7 Å². The molecule has 2 heterocycles. The first-order valence-electron chi connectivity index (χ1n) is 8.84. The smallest absolute Gasteiger partial charge is 0.407 e. The Morgan fingerprint density at radius 1 is 1.30 bits per heavy atom. The van der Waals surface area contributed by atoms with E-state index in [9.17, 15) is 19.5 Å². The molecule has 0 saturated carbocycles. The number of carbonyl (C=O) groups is 3. The van der Waals surface area contributed by atoms with E-state index in [4.69, 9.17) is 5.84 Å². The lowest BCUT2D eigenvalue weighted by molar-refractivity contribution is 0.0377. The van der Waals surface area contributed by atoms with Crippen molar-refractivity contribution in [2.75, 3.05) is 19.6 Å². The summed E-state index contributed by atoms with van der Waals surface area (Å²) in [5.74, 6) is 4.27. The van der Waals surface area contributed by atoms with E-state index < -0.39 is 12.0 Å². The zero-order valence-electron chi connectivity index (χ0n) is 16.0. The second kappa shape index (κ2) is 8.30. The van der Waals surface area contributed by atoms with Crippen LogP contribution in [0.25, 0.3) is 0 Å². The van der Waals surface area contributed by atoms with Gasteiger partial charge in [-0.25, -0.2) is 10.6 Å². The molecule has 2 rings (SSSR count). The molecule has 3 amide bonds. The van der Waals surface area contributed by atoms with Gasteiger partial charge in [0.25, 0.3) is 11.8 Å². The van der Waals surface area contributed by atoms with Crippen LogP contribution in [0, 0.1) is 5.92 Å². The van der Waals surface area contributed by atoms with Gasteiger partial charge in [0.1, 0.15) is 0 Å². The number of nitrogens with zero attached hydrogens (tertiary/aromatic N) is 4. The van der Waals surface area contributed by atoms with Crippen molar-refractivity contribution in [3.8, 4) is 0 Å². The number of nitrogen functional groups attached to an aromatic ring is 1. The van der Waals surface area contributed by atoms with E-state index in [0.29, 0.717) is 5.56 Å². The number of carboxylic acid groups (broad SMARTS) is 1. The summed E-state index contributed by atoms with van der Waals surface area (Å²) in [5, 5.41) is 17.1. The molecular formula is C17H26N6O4. The third kappa shape index (κ3) is 4.33. The van der Waals surface area contributed by atoms with Crippen LogP contribution >= 0.6 is 0 Å². The van der Waals surface area contributed by atoms with Gasteiger partial charge in [0.2, 0.25) is 0 Å². The zero-order chi connectivity index (χ0) is 20.3. The first kappa shape index (κ1) is 20.6. The number of hydrogen-bond donors (Lipinski definition) is 3. The first-order valence-corrected chi connectivity index (χ1v) is 8.84. The summed E-state index contributed by atoms with van der Waals surface area (Å²) in [7, 11) is 0. The van der Waals surface area contributed by atoms with E-state index in [2.05, 4.69) is 10.2 Å². The molecule has 0 aromatic carbocycles. The average Bonchev–Trinajstić information content (AvgIpc) is 2.65. The normalized spacial score (nSPS) is 17.4. The van der Waals surface area contributed by atoms with Crippen LogP contribution in [-0.2, 0) is 0 Å². The van der Waals surface area contributed by atoms with Crippen LogP contribution in [0.4, 0.5) is 4.79 Å². The highest BCUT2D eigenvalue weighted by Crippen LogP contribution is 2.21. The molecule has 0 bridgehead atoms. The summed E-state index contributed by atoms with van der Waals surface area (Å²) < 4.78 is 0. The van der Waals surface area contributed by atoms with Gasteiger partial charge in [-0.05, 0) is 23.5 Å². The number of rotatable bonds is 4. The molecule has 1 atom stereocenters. The van der Waals surface area contributed by atoms with Gasteiger partial charge in [-0.3, -0.25) is 15.0 Å². The van der Waals surface area contributed by atoms with Gasteiger partial charge >= 0.3 is 6.09 Å². The molecule has 1 saturated heterocycles. The maximum absolute atomic E-state index is 12.9. The van der Waals surface area contributed by atoms with Crippen molar-refractivity contribution in [3.05, 3.63) is 23.0 Å². The minimum absolute atomic E-state index is 0.0598. The van der Waals surface area contributed by atoms with E-state index in [-0.39, 0.29) is 54.8 Å². The van der Waals surface area contributed by atoms with Crippen LogP contribution < -0.4 is 11.3 Å². The molecule has 10 heteroatoms. The fraction of sp³-hybridized carbons (Fsp3) is 0.588. The lowest BCUT2D eigenvalue weighted by Gasteiger charge is -2.41. The Labute approximate surface area is 157 Å². The maximum Gasteiger partial charge on any atom is 0.407 e. The number of aromatic nitrogens is 2. The van der Waals surface area contributed by atoms with E-state index in [1.54, 1.807) is 11.0 Å². The van der Waals surface area contributed by atoms with Crippen molar-refractivity contribution in [3.63, 3.8) is 0 Å². The molecule has 0 spiro atoms. The van der Waals surface area contributed by atoms with Crippen molar-refractivity contribution in [1.29, 1.82) is 0 Å². The maximum atomic E-state index is 12.9. The summed E-state index contributed by atoms with van der Waals surface area (Å²) >= 11 is 0. The first-order chi connectivity index (χ1) is 12.7. The van der Waals surface area contributed by atoms with Crippen LogP contribution in [-0.4, -0.2) is 68.7 Å². The summed E-state index contributed by atoms with van der Waals surface area (Å²) in [4.78, 5) is 39.1. The van der Waals surface area contributed by atoms with Gasteiger partial charge in [-0.1, -0.05) is 27.7 Å². The van der Waals surface area contributed by atoms with Crippen LogP contribution in [0.3, 0.4) is 0 Å². The van der Waals surface area contributed by atoms with Crippen molar-refractivity contribution < 1.29 is 19.5 Å². The van der Waals surface area contributed by atoms with Gasteiger partial charge in [-0.2, -0.15) is 0 Å². The monoisotopic (exact) mass is 380 g/mol. The number of nitrogens with two attached hydrogens (primary N) is 1. The van der Waals surface area contributed by atoms with E-state index >= 15 is 0 Å². The third-order valence-corrected chi connectivity index (χ3v) is 4.73. The molecule has 1 fully saturated rings. The van der Waals surface area contributed by atoms with Crippen LogP contribution in [0.5, 0.6) is 0 Å². The number of carbonyl (C=O) groups excluding carboxylic acids is 2. The molecule has 4 N–H and O–H groups in total. The molecule has 27 heavy (non-hydrogen) atoms. The van der Waals surface area contributed by atoms with Crippen molar-refractivity contribution >= 4 is 17.9 Å². The predicted molar refractivity (Wildman–Crippen MR) is 97.0 cm³/mol. The number of hydrazine groups is 1. The molecule has 0 radical (unpaired) electrons. The minimum Gasteiger partial charge on any atom is -0.465 e. The van der Waals surface area contributed by atoms with Gasteiger partial charge < -0.3 is 14.9 Å². The fourth-order valence-corrected chi connectivity index (χ4v) is 3.16. The standard InChI is InChI=1S/C17H26N6O4/c1-9(2)11-7-12(20-21-14(11)15(24)19-18)16(25)22-5-6-23(17(26)27)13(8-22)10(3)4/h7,9-10,13H,5-6,8,18H2,1-4H3,(H,19,24)(H,26,27)/i17+2. The Morgan fingerprint density at radius 3 is 2.48 bits per heavy atom. The summed E-state index contributed by atoms with van der Waals surface area (Å²) in [6.07, 6.45) is -0.986. The number of nitrogens with one attached hydrogen (secondary N) is 1. The molecule has 1 aromatic rings. The summed E-state index contributed by atoms with van der Waals surface area (Å²) in [6, 6.07) is 1.26. The Morgan fingerprint density at radius 2 is 1.96 bits per heavy atom. The molecule has 1 aromatic heterocycles. The molecule has 148 valence electrons. The van der Waals surface area contributed by atoms with E-state index in [1.807, 2.05) is 33.1 Å². The fourth-order valence-electron chi connectivity index (χ4n) is 3.16. The molecular weight excluding hydrogens is 354 g/mol. The summed E-state index contributed by atoms with van der Waals surface area (Å²) in [5.41, 5.74) is 2.80. The van der Waals surface area contributed by atoms with Gasteiger partial charge in [-0.15, -0.1) is 10.2 Å². The predicted octanol–water partition coefficient (Wildman–Crippen LogP) is 0.664. The highest BCUT2D eigenvalue weighted by molar-refractivity contribution is 5.96. The van der Waals surface area contributed by atoms with Crippen molar-refractivity contribution in [1.82, 2.24) is 25.4 Å². The van der Waals surface area contributed by atoms with Gasteiger partial charge in [0.05, 0.1) is 6.04 Å². The Balaban J connectivity index is 2.28. The molecule has 1 unspecified atom stereocenters. The molecule has 1 aliphatic rings. The quantitative estimate of drug-likeness (QED) is 0.396. The lowest BCUT2D eigenvalue weighted by Crippen LogP contribution is -2.58. The van der Waals surface area contributed by atoms with Gasteiger partial charge in [0.15, 0.2) is 11.4 Å². The second-order valence-corrected chi connectivity index (χ2v) is 7.20. The number of hydrogen-bond acceptors (Lipinski definition) is 6.